The highest BCUT2D eigenvalue weighted by molar-refractivity contribution is 5.98. The number of tetrazole rings is 1. The Morgan fingerprint density at radius 1 is 1.17 bits per heavy atom. The van der Waals surface area contributed by atoms with Crippen LogP contribution in [0.5, 0.6) is 5.75 Å². The molecule has 2 aromatic heterocycles. The van der Waals surface area contributed by atoms with Gasteiger partial charge >= 0.3 is 0 Å². The van der Waals surface area contributed by atoms with Gasteiger partial charge in [-0.3, -0.25) is 0 Å². The van der Waals surface area contributed by atoms with Crippen LogP contribution < -0.4 is 4.74 Å². The molecule has 4 rings (SSSR count). The van der Waals surface area contributed by atoms with Crippen LogP contribution in [0.25, 0.3) is 22.0 Å². The number of ether oxygens (including phenoxy) is 1. The number of nitrogens with zero attached hydrogens (tertiary/aromatic N) is 5. The maximum absolute atomic E-state index is 5.52. The zero-order valence-electron chi connectivity index (χ0n) is 13.3. The van der Waals surface area contributed by atoms with Crippen LogP contribution in [0.15, 0.2) is 47.0 Å². The maximum atomic E-state index is 5.52. The molecule has 0 aliphatic carbocycles. The average Bonchev–Trinajstić information content (AvgIpc) is 3.23. The molecule has 0 aliphatic rings. The lowest BCUT2D eigenvalue weighted by atomic mass is 10.0. The highest BCUT2D eigenvalue weighted by atomic mass is 16.5. The van der Waals surface area contributed by atoms with E-state index in [2.05, 4.69) is 26.7 Å². The number of rotatable bonds is 4. The Morgan fingerprint density at radius 2 is 2.04 bits per heavy atom. The van der Waals surface area contributed by atoms with E-state index in [1.165, 1.54) is 0 Å². The fourth-order valence-electron chi connectivity index (χ4n) is 2.73. The topological polar surface area (TPSA) is 78.9 Å². The molecule has 0 saturated carbocycles. The van der Waals surface area contributed by atoms with Gasteiger partial charge in [-0.1, -0.05) is 35.5 Å². The summed E-state index contributed by atoms with van der Waals surface area (Å²) in [7, 11) is 1.65. The Labute approximate surface area is 137 Å². The normalized spacial score (nSPS) is 11.1. The lowest BCUT2D eigenvalue weighted by molar-refractivity contribution is 0.370. The van der Waals surface area contributed by atoms with Gasteiger partial charge in [0.25, 0.3) is 0 Å². The van der Waals surface area contributed by atoms with Crippen molar-refractivity contribution in [2.75, 3.05) is 7.11 Å². The van der Waals surface area contributed by atoms with Gasteiger partial charge in [-0.2, -0.15) is 0 Å². The molecule has 0 unspecified atom stereocenters. The largest absolute Gasteiger partial charge is 0.496 e. The Bertz CT molecular complexity index is 1010. The lowest BCUT2D eigenvalue weighted by Crippen LogP contribution is -2.03. The number of methoxy groups -OCH3 is 1. The van der Waals surface area contributed by atoms with Crippen molar-refractivity contribution in [2.24, 2.45) is 0 Å². The van der Waals surface area contributed by atoms with Crippen molar-refractivity contribution in [1.29, 1.82) is 0 Å². The number of hydrogen-bond donors (Lipinski definition) is 0. The van der Waals surface area contributed by atoms with Crippen LogP contribution in [0.1, 0.15) is 11.6 Å². The zero-order chi connectivity index (χ0) is 16.5. The van der Waals surface area contributed by atoms with Gasteiger partial charge < -0.3 is 9.26 Å². The fourth-order valence-corrected chi connectivity index (χ4v) is 2.73. The highest BCUT2D eigenvalue weighted by Crippen LogP contribution is 2.36. The van der Waals surface area contributed by atoms with Crippen molar-refractivity contribution in [3.8, 4) is 17.0 Å². The summed E-state index contributed by atoms with van der Waals surface area (Å²) < 4.78 is 12.7. The van der Waals surface area contributed by atoms with E-state index in [1.54, 1.807) is 11.8 Å². The van der Waals surface area contributed by atoms with Crippen molar-refractivity contribution in [2.45, 2.75) is 13.5 Å². The molecular formula is C17H15N5O2. The summed E-state index contributed by atoms with van der Waals surface area (Å²) in [5.41, 5.74) is 1.64. The minimum atomic E-state index is 0.429. The Morgan fingerprint density at radius 3 is 2.83 bits per heavy atom. The predicted octanol–water partition coefficient (Wildman–Crippen LogP) is 2.85. The van der Waals surface area contributed by atoms with Crippen LogP contribution in [-0.4, -0.2) is 32.5 Å². The molecule has 0 saturated heterocycles. The van der Waals surface area contributed by atoms with Crippen molar-refractivity contribution >= 4 is 10.8 Å². The average molecular weight is 321 g/mol. The molecule has 0 radical (unpaired) electrons. The highest BCUT2D eigenvalue weighted by Gasteiger charge is 2.16. The monoisotopic (exact) mass is 321 g/mol. The predicted molar refractivity (Wildman–Crippen MR) is 87.7 cm³/mol. The summed E-state index contributed by atoms with van der Waals surface area (Å²) in [5, 5.41) is 17.8. The van der Waals surface area contributed by atoms with E-state index in [4.69, 9.17) is 9.26 Å². The van der Waals surface area contributed by atoms with Crippen LogP contribution in [0.3, 0.4) is 0 Å². The van der Waals surface area contributed by atoms with E-state index in [1.807, 2.05) is 43.3 Å². The van der Waals surface area contributed by atoms with Crippen molar-refractivity contribution in [3.63, 3.8) is 0 Å². The number of aryl methyl sites for hydroxylation is 1. The van der Waals surface area contributed by atoms with Gasteiger partial charge in [-0.25, -0.2) is 4.68 Å². The van der Waals surface area contributed by atoms with Gasteiger partial charge in [0.05, 0.1) is 12.7 Å². The second-order valence-electron chi connectivity index (χ2n) is 5.43. The molecule has 0 N–H and O–H groups in total. The number of fused-ring (bicyclic) bond motifs is 1. The minimum Gasteiger partial charge on any atom is -0.496 e. The molecular weight excluding hydrogens is 306 g/mol. The summed E-state index contributed by atoms with van der Waals surface area (Å²) in [6.07, 6.45) is 0. The molecule has 7 heteroatoms. The summed E-state index contributed by atoms with van der Waals surface area (Å²) in [5.74, 6) is 2.15. The first-order valence-corrected chi connectivity index (χ1v) is 7.51. The van der Waals surface area contributed by atoms with Crippen LogP contribution in [0, 0.1) is 6.92 Å². The quantitative estimate of drug-likeness (QED) is 0.575. The molecule has 24 heavy (non-hydrogen) atoms. The van der Waals surface area contributed by atoms with Crippen LogP contribution in [0.2, 0.25) is 0 Å². The summed E-state index contributed by atoms with van der Waals surface area (Å²) in [4.78, 5) is 0. The first kappa shape index (κ1) is 14.4. The van der Waals surface area contributed by atoms with Gasteiger partial charge in [0.15, 0.2) is 5.76 Å². The molecule has 0 amide bonds. The van der Waals surface area contributed by atoms with E-state index in [-0.39, 0.29) is 0 Å². The van der Waals surface area contributed by atoms with E-state index in [0.717, 1.165) is 33.6 Å². The fraction of sp³-hybridized carbons (Fsp3) is 0.176. The van der Waals surface area contributed by atoms with Crippen molar-refractivity contribution in [1.82, 2.24) is 25.4 Å². The molecule has 0 aliphatic heterocycles. The van der Waals surface area contributed by atoms with Gasteiger partial charge in [0.1, 0.15) is 23.8 Å². The second-order valence-corrected chi connectivity index (χ2v) is 5.43. The molecule has 2 aromatic carbocycles. The Kier molecular flexibility index (Phi) is 3.45. The van der Waals surface area contributed by atoms with Gasteiger partial charge in [-0.15, -0.1) is 5.10 Å². The molecule has 120 valence electrons. The number of aromatic nitrogens is 5. The van der Waals surface area contributed by atoms with Gasteiger partial charge in [-0.05, 0) is 34.2 Å². The summed E-state index contributed by atoms with van der Waals surface area (Å²) in [6, 6.07) is 14.0. The molecule has 2 heterocycles. The van der Waals surface area contributed by atoms with E-state index in [0.29, 0.717) is 12.3 Å². The standard InChI is InChI=1S/C17H15N5O2/c1-11-18-20-21-22(11)10-13-9-15(19-24-13)17-14-6-4-3-5-12(14)7-8-16(17)23-2/h3-9H,10H2,1-2H3. The van der Waals surface area contributed by atoms with Crippen molar-refractivity contribution in [3.05, 3.63) is 54.0 Å². The molecule has 7 nitrogen and oxygen atoms in total. The zero-order valence-corrected chi connectivity index (χ0v) is 13.3. The molecule has 0 bridgehead atoms. The molecule has 0 fully saturated rings. The molecule has 0 atom stereocenters. The van der Waals surface area contributed by atoms with Crippen LogP contribution in [0.4, 0.5) is 0 Å². The Balaban J connectivity index is 1.79. The second kappa shape index (κ2) is 5.77. The van der Waals surface area contributed by atoms with Gasteiger partial charge in [0, 0.05) is 6.07 Å². The first-order chi connectivity index (χ1) is 11.8. The third-order valence-corrected chi connectivity index (χ3v) is 3.94. The van der Waals surface area contributed by atoms with Crippen LogP contribution >= 0.6 is 0 Å². The molecule has 4 aromatic rings. The first-order valence-electron chi connectivity index (χ1n) is 7.51. The smallest absolute Gasteiger partial charge is 0.158 e. The minimum absolute atomic E-state index is 0.429. The third kappa shape index (κ3) is 2.40. The van der Waals surface area contributed by atoms with E-state index >= 15 is 0 Å². The Hall–Kier alpha value is -3.22. The van der Waals surface area contributed by atoms with E-state index in [9.17, 15) is 0 Å². The molecule has 0 spiro atoms. The third-order valence-electron chi connectivity index (χ3n) is 3.94. The maximum Gasteiger partial charge on any atom is 0.158 e. The summed E-state index contributed by atoms with van der Waals surface area (Å²) in [6.45, 7) is 2.27. The number of hydrogen-bond acceptors (Lipinski definition) is 6. The van der Waals surface area contributed by atoms with Gasteiger partial charge in [0.2, 0.25) is 0 Å². The van der Waals surface area contributed by atoms with Crippen molar-refractivity contribution < 1.29 is 9.26 Å². The number of benzene rings is 2. The van der Waals surface area contributed by atoms with Crippen LogP contribution in [-0.2, 0) is 6.54 Å². The van der Waals surface area contributed by atoms with E-state index < -0.39 is 0 Å². The summed E-state index contributed by atoms with van der Waals surface area (Å²) >= 11 is 0. The lowest BCUT2D eigenvalue weighted by Gasteiger charge is -2.09. The SMILES string of the molecule is COc1ccc2ccccc2c1-c1cc(Cn2nnnc2C)on1.